The lowest BCUT2D eigenvalue weighted by molar-refractivity contribution is 0.0920. The minimum atomic E-state index is -0.546. The monoisotopic (exact) mass is 368 g/mol. The standard InChI is InChI=1S/C22H28N2O3/c1-14-11-18(15-7-5-8-15)27-21(26)19(14)20(25)24-17(12-22(2,3)4)16-9-6-10-23-13-16/h6,9-11,13,15,17H,5,7-8,12H2,1-4H3,(H,24,25). The highest BCUT2D eigenvalue weighted by Crippen LogP contribution is 2.36. The second-order valence-corrected chi connectivity index (χ2v) is 8.70. The Labute approximate surface area is 160 Å². The van der Waals surface area contributed by atoms with Crippen LogP contribution in [-0.4, -0.2) is 10.9 Å². The van der Waals surface area contributed by atoms with E-state index in [0.29, 0.717) is 17.2 Å². The van der Waals surface area contributed by atoms with Crippen LogP contribution in [0.4, 0.5) is 0 Å². The third kappa shape index (κ3) is 4.65. The lowest BCUT2D eigenvalue weighted by Crippen LogP contribution is -2.35. The Morgan fingerprint density at radius 2 is 2.11 bits per heavy atom. The average molecular weight is 368 g/mol. The van der Waals surface area contributed by atoms with Crippen molar-refractivity contribution in [1.29, 1.82) is 0 Å². The van der Waals surface area contributed by atoms with Gasteiger partial charge in [-0.05, 0) is 54.9 Å². The molecule has 5 nitrogen and oxygen atoms in total. The van der Waals surface area contributed by atoms with Gasteiger partial charge in [0.2, 0.25) is 0 Å². The summed E-state index contributed by atoms with van der Waals surface area (Å²) in [4.78, 5) is 29.6. The quantitative estimate of drug-likeness (QED) is 0.842. The van der Waals surface area contributed by atoms with E-state index in [1.165, 1.54) is 0 Å². The number of amides is 1. The maximum atomic E-state index is 12.9. The molecule has 1 amide bonds. The summed E-state index contributed by atoms with van der Waals surface area (Å²) in [6.07, 6.45) is 7.44. The second-order valence-electron chi connectivity index (χ2n) is 8.70. The number of hydrogen-bond acceptors (Lipinski definition) is 4. The van der Waals surface area contributed by atoms with Crippen molar-refractivity contribution in [2.75, 3.05) is 0 Å². The van der Waals surface area contributed by atoms with Gasteiger partial charge in [0.1, 0.15) is 11.3 Å². The molecular formula is C22H28N2O3. The molecule has 2 heterocycles. The Morgan fingerprint density at radius 1 is 1.37 bits per heavy atom. The van der Waals surface area contributed by atoms with Gasteiger partial charge in [0.15, 0.2) is 0 Å². The molecule has 0 bridgehead atoms. The Bertz CT molecular complexity index is 861. The summed E-state index contributed by atoms with van der Waals surface area (Å²) in [7, 11) is 0. The highest BCUT2D eigenvalue weighted by Gasteiger charge is 2.27. The Hall–Kier alpha value is -2.43. The number of aromatic nitrogens is 1. The number of carbonyl (C=O) groups is 1. The van der Waals surface area contributed by atoms with Crippen LogP contribution in [0.3, 0.4) is 0 Å². The predicted molar refractivity (Wildman–Crippen MR) is 105 cm³/mol. The minimum Gasteiger partial charge on any atom is -0.427 e. The summed E-state index contributed by atoms with van der Waals surface area (Å²) in [5.41, 5.74) is 1.15. The van der Waals surface area contributed by atoms with Crippen LogP contribution in [-0.2, 0) is 0 Å². The first-order valence-electron chi connectivity index (χ1n) is 9.60. The molecule has 3 rings (SSSR count). The summed E-state index contributed by atoms with van der Waals surface area (Å²) in [5.74, 6) is 0.635. The fourth-order valence-electron chi connectivity index (χ4n) is 3.48. The van der Waals surface area contributed by atoms with Crippen LogP contribution in [0.15, 0.2) is 39.8 Å². The highest BCUT2D eigenvalue weighted by molar-refractivity contribution is 5.95. The van der Waals surface area contributed by atoms with Gasteiger partial charge in [0.05, 0.1) is 6.04 Å². The third-order valence-electron chi connectivity index (χ3n) is 5.11. The predicted octanol–water partition coefficient (Wildman–Crippen LogP) is 4.52. The van der Waals surface area contributed by atoms with Gasteiger partial charge in [-0.2, -0.15) is 0 Å². The number of carbonyl (C=O) groups excluding carboxylic acids is 1. The molecule has 1 atom stereocenters. The number of pyridine rings is 1. The molecule has 1 fully saturated rings. The molecular weight excluding hydrogens is 340 g/mol. The SMILES string of the molecule is Cc1cc(C2CCC2)oc(=O)c1C(=O)NC(CC(C)(C)C)c1cccnc1. The summed E-state index contributed by atoms with van der Waals surface area (Å²) in [6.45, 7) is 8.16. The lowest BCUT2D eigenvalue weighted by Gasteiger charge is -2.27. The van der Waals surface area contributed by atoms with Crippen molar-refractivity contribution in [3.05, 3.63) is 63.5 Å². The zero-order chi connectivity index (χ0) is 19.6. The van der Waals surface area contributed by atoms with Crippen molar-refractivity contribution in [1.82, 2.24) is 10.3 Å². The van der Waals surface area contributed by atoms with Crippen LogP contribution in [0.25, 0.3) is 0 Å². The molecule has 0 aromatic carbocycles. The maximum Gasteiger partial charge on any atom is 0.349 e. The molecule has 0 radical (unpaired) electrons. The molecule has 1 unspecified atom stereocenters. The lowest BCUT2D eigenvalue weighted by atomic mass is 9.83. The summed E-state index contributed by atoms with van der Waals surface area (Å²) < 4.78 is 5.47. The van der Waals surface area contributed by atoms with E-state index < -0.39 is 5.63 Å². The van der Waals surface area contributed by atoms with E-state index in [9.17, 15) is 9.59 Å². The zero-order valence-corrected chi connectivity index (χ0v) is 16.5. The van der Waals surface area contributed by atoms with E-state index in [-0.39, 0.29) is 22.9 Å². The zero-order valence-electron chi connectivity index (χ0n) is 16.5. The van der Waals surface area contributed by atoms with Gasteiger partial charge in [0.25, 0.3) is 5.91 Å². The van der Waals surface area contributed by atoms with Gasteiger partial charge in [-0.25, -0.2) is 4.79 Å². The fourth-order valence-corrected chi connectivity index (χ4v) is 3.48. The molecule has 1 saturated carbocycles. The van der Waals surface area contributed by atoms with Crippen molar-refractivity contribution in [2.24, 2.45) is 5.41 Å². The van der Waals surface area contributed by atoms with Gasteiger partial charge in [-0.1, -0.05) is 33.3 Å². The van der Waals surface area contributed by atoms with E-state index in [1.807, 2.05) is 18.2 Å². The summed E-state index contributed by atoms with van der Waals surface area (Å²) in [6, 6.07) is 5.42. The van der Waals surface area contributed by atoms with Gasteiger partial charge < -0.3 is 9.73 Å². The van der Waals surface area contributed by atoms with Gasteiger partial charge >= 0.3 is 5.63 Å². The smallest absolute Gasteiger partial charge is 0.349 e. The van der Waals surface area contributed by atoms with E-state index in [0.717, 1.165) is 31.2 Å². The van der Waals surface area contributed by atoms with Crippen LogP contribution >= 0.6 is 0 Å². The molecule has 2 aromatic heterocycles. The Morgan fingerprint density at radius 3 is 2.63 bits per heavy atom. The fraction of sp³-hybridized carbons (Fsp3) is 0.500. The van der Waals surface area contributed by atoms with Crippen molar-refractivity contribution in [2.45, 2.75) is 65.3 Å². The molecule has 27 heavy (non-hydrogen) atoms. The molecule has 0 saturated heterocycles. The second kappa shape index (κ2) is 7.67. The Kier molecular flexibility index (Phi) is 5.49. The molecule has 5 heteroatoms. The van der Waals surface area contributed by atoms with Crippen molar-refractivity contribution in [3.8, 4) is 0 Å². The Balaban J connectivity index is 1.86. The van der Waals surface area contributed by atoms with E-state index in [2.05, 4.69) is 31.1 Å². The molecule has 0 spiro atoms. The maximum absolute atomic E-state index is 12.9. The molecule has 2 aromatic rings. The van der Waals surface area contributed by atoms with Crippen molar-refractivity contribution in [3.63, 3.8) is 0 Å². The number of nitrogens with zero attached hydrogens (tertiary/aromatic N) is 1. The largest absolute Gasteiger partial charge is 0.427 e. The average Bonchev–Trinajstić information content (AvgIpc) is 2.51. The number of nitrogens with one attached hydrogen (secondary N) is 1. The van der Waals surface area contributed by atoms with Crippen molar-refractivity contribution >= 4 is 5.91 Å². The highest BCUT2D eigenvalue weighted by atomic mass is 16.4. The minimum absolute atomic E-state index is 0.00157. The molecule has 1 aliphatic rings. The normalized spacial score (nSPS) is 15.9. The topological polar surface area (TPSA) is 72.2 Å². The van der Waals surface area contributed by atoms with Gasteiger partial charge in [-0.3, -0.25) is 9.78 Å². The molecule has 144 valence electrons. The third-order valence-corrected chi connectivity index (χ3v) is 5.11. The molecule has 1 N–H and O–H groups in total. The molecule has 1 aliphatic carbocycles. The summed E-state index contributed by atoms with van der Waals surface area (Å²) >= 11 is 0. The van der Waals surface area contributed by atoms with E-state index in [4.69, 9.17) is 4.42 Å². The van der Waals surface area contributed by atoms with Crippen LogP contribution < -0.4 is 10.9 Å². The van der Waals surface area contributed by atoms with Gasteiger partial charge in [-0.15, -0.1) is 0 Å². The van der Waals surface area contributed by atoms with Crippen LogP contribution in [0.1, 0.15) is 85.7 Å². The number of aryl methyl sites for hydroxylation is 1. The van der Waals surface area contributed by atoms with Crippen LogP contribution in [0.5, 0.6) is 0 Å². The first-order valence-corrected chi connectivity index (χ1v) is 9.60. The number of hydrogen-bond donors (Lipinski definition) is 1. The van der Waals surface area contributed by atoms with E-state index in [1.54, 1.807) is 19.3 Å². The van der Waals surface area contributed by atoms with Crippen molar-refractivity contribution < 1.29 is 9.21 Å². The molecule has 0 aliphatic heterocycles. The van der Waals surface area contributed by atoms with Crippen LogP contribution in [0, 0.1) is 12.3 Å². The first kappa shape index (κ1) is 19.3. The first-order chi connectivity index (χ1) is 12.7. The van der Waals surface area contributed by atoms with Gasteiger partial charge in [0, 0.05) is 18.3 Å². The summed E-state index contributed by atoms with van der Waals surface area (Å²) in [5, 5.41) is 3.03. The number of rotatable bonds is 5. The van der Waals surface area contributed by atoms with E-state index >= 15 is 0 Å². The van der Waals surface area contributed by atoms with Crippen LogP contribution in [0.2, 0.25) is 0 Å².